The van der Waals surface area contributed by atoms with Gasteiger partial charge in [-0.1, -0.05) is 78.5 Å². The average Bonchev–Trinajstić information content (AvgIpc) is 3.18. The Morgan fingerprint density at radius 3 is 2.19 bits per heavy atom. The summed E-state index contributed by atoms with van der Waals surface area (Å²) in [6, 6.07) is 32.8. The quantitative estimate of drug-likeness (QED) is 0.261. The highest BCUT2D eigenvalue weighted by molar-refractivity contribution is 8.08. The molecule has 0 N–H and O–H groups in total. The van der Waals surface area contributed by atoms with Crippen LogP contribution in [0, 0.1) is 0 Å². The Morgan fingerprint density at radius 2 is 1.34 bits per heavy atom. The molecule has 2 heterocycles. The molecule has 1 aliphatic heterocycles. The van der Waals surface area contributed by atoms with Crippen molar-refractivity contribution in [3.63, 3.8) is 0 Å². The van der Waals surface area contributed by atoms with Crippen LogP contribution in [-0.2, 0) is 0 Å². The van der Waals surface area contributed by atoms with Crippen molar-refractivity contribution in [1.29, 1.82) is 0 Å². The summed E-state index contributed by atoms with van der Waals surface area (Å²) in [5, 5.41) is 11.6. The lowest BCUT2D eigenvalue weighted by atomic mass is 10.0. The number of hydrogen-bond donors (Lipinski definition) is 0. The molecule has 7 aromatic rings. The molecular formula is C30H16OS. The summed E-state index contributed by atoms with van der Waals surface area (Å²) in [5.74, 6) is 0.924. The van der Waals surface area contributed by atoms with Gasteiger partial charge in [-0.3, -0.25) is 0 Å². The Labute approximate surface area is 188 Å². The molecule has 148 valence electrons. The zero-order valence-electron chi connectivity index (χ0n) is 17.1. The molecule has 0 spiro atoms. The highest BCUT2D eigenvalue weighted by Gasteiger charge is 2.20. The van der Waals surface area contributed by atoms with Gasteiger partial charge in [-0.05, 0) is 68.2 Å². The fraction of sp³-hybridized carbons (Fsp3) is 0. The van der Waals surface area contributed by atoms with Gasteiger partial charge in [0.1, 0.15) is 11.3 Å². The highest BCUT2D eigenvalue weighted by Crippen LogP contribution is 2.47. The van der Waals surface area contributed by atoms with Gasteiger partial charge in [0.15, 0.2) is 0 Å². The van der Waals surface area contributed by atoms with E-state index >= 15 is 0 Å². The van der Waals surface area contributed by atoms with E-state index in [1.807, 2.05) is 0 Å². The van der Waals surface area contributed by atoms with Crippen LogP contribution in [0.15, 0.2) is 100 Å². The third-order valence-corrected chi connectivity index (χ3v) is 7.92. The number of hydrogen-bond acceptors (Lipinski definition) is 2. The van der Waals surface area contributed by atoms with Gasteiger partial charge >= 0.3 is 0 Å². The molecular weight excluding hydrogens is 408 g/mol. The Bertz CT molecular complexity index is 1820. The second-order valence-electron chi connectivity index (χ2n) is 8.53. The Morgan fingerprint density at radius 1 is 0.562 bits per heavy atom. The Hall–Kier alpha value is -3.75. The molecule has 0 saturated carbocycles. The maximum absolute atomic E-state index is 6.56. The third-order valence-electron chi connectivity index (χ3n) is 6.82. The zero-order valence-corrected chi connectivity index (χ0v) is 17.9. The van der Waals surface area contributed by atoms with Crippen molar-refractivity contribution in [3.8, 4) is 0 Å². The van der Waals surface area contributed by atoms with Crippen LogP contribution in [0.5, 0.6) is 0 Å². The lowest BCUT2D eigenvalue weighted by molar-refractivity contribution is 0.593. The Balaban J connectivity index is 1.42. The van der Waals surface area contributed by atoms with Gasteiger partial charge < -0.3 is 4.42 Å². The van der Waals surface area contributed by atoms with Crippen molar-refractivity contribution >= 4 is 76.8 Å². The van der Waals surface area contributed by atoms with Gasteiger partial charge in [0.25, 0.3) is 0 Å². The first-order chi connectivity index (χ1) is 15.8. The van der Waals surface area contributed by atoms with Crippen molar-refractivity contribution in [3.05, 3.63) is 102 Å². The van der Waals surface area contributed by atoms with Gasteiger partial charge in [-0.2, -0.15) is 0 Å². The van der Waals surface area contributed by atoms with Crippen molar-refractivity contribution in [1.82, 2.24) is 0 Å². The van der Waals surface area contributed by atoms with Gasteiger partial charge in [0.05, 0.1) is 4.91 Å². The molecule has 2 heteroatoms. The van der Waals surface area contributed by atoms with E-state index in [2.05, 4.69) is 97.1 Å². The number of rotatable bonds is 1. The minimum Gasteiger partial charge on any atom is -0.455 e. The topological polar surface area (TPSA) is 13.1 Å². The summed E-state index contributed by atoms with van der Waals surface area (Å²) in [6.07, 6.45) is 2.27. The van der Waals surface area contributed by atoms with Crippen LogP contribution in [0.4, 0.5) is 0 Å². The van der Waals surface area contributed by atoms with Crippen molar-refractivity contribution in [2.24, 2.45) is 0 Å². The third kappa shape index (κ3) is 2.10. The van der Waals surface area contributed by atoms with Crippen molar-refractivity contribution in [2.45, 2.75) is 4.90 Å². The molecule has 0 fully saturated rings. The van der Waals surface area contributed by atoms with Gasteiger partial charge in [-0.15, -0.1) is 0 Å². The normalized spacial score (nSPS) is 13.7. The predicted molar refractivity (Wildman–Crippen MR) is 138 cm³/mol. The van der Waals surface area contributed by atoms with Crippen LogP contribution in [-0.4, -0.2) is 0 Å². The first-order valence-electron chi connectivity index (χ1n) is 10.9. The standard InChI is InChI=1S/C30H16OS/c1-2-9-21-20(8-1)22-12-11-19-15-25(31-24-14-13-23(21)30(22)29(19)24)27-16-18-7-3-5-17-6-4-10-26(32-27)28(17)18/h1-16H. The molecule has 32 heavy (non-hydrogen) atoms. The summed E-state index contributed by atoms with van der Waals surface area (Å²) in [4.78, 5) is 2.44. The maximum Gasteiger partial charge on any atom is 0.142 e. The number of thioether (sulfide) groups is 1. The fourth-order valence-corrected chi connectivity index (χ4v) is 6.57. The molecule has 0 unspecified atom stereocenters. The zero-order chi connectivity index (χ0) is 20.8. The second-order valence-corrected chi connectivity index (χ2v) is 9.62. The van der Waals surface area contributed by atoms with Gasteiger partial charge in [0.2, 0.25) is 0 Å². The minimum absolute atomic E-state index is 0.924. The molecule has 8 rings (SSSR count). The monoisotopic (exact) mass is 424 g/mol. The van der Waals surface area contributed by atoms with Gasteiger partial charge in [0, 0.05) is 21.1 Å². The summed E-state index contributed by atoms with van der Waals surface area (Å²) in [5.41, 5.74) is 2.20. The minimum atomic E-state index is 0.924. The van der Waals surface area contributed by atoms with Crippen LogP contribution in [0.25, 0.3) is 65.0 Å². The van der Waals surface area contributed by atoms with E-state index in [1.54, 1.807) is 11.8 Å². The summed E-state index contributed by atoms with van der Waals surface area (Å²) < 4.78 is 6.56. The molecule has 1 aromatic heterocycles. The molecule has 1 aliphatic rings. The van der Waals surface area contributed by atoms with Crippen LogP contribution < -0.4 is 0 Å². The molecule has 0 saturated heterocycles. The van der Waals surface area contributed by atoms with Crippen LogP contribution in [0.1, 0.15) is 11.3 Å². The van der Waals surface area contributed by atoms with Crippen LogP contribution in [0.3, 0.4) is 0 Å². The number of benzene rings is 5. The van der Waals surface area contributed by atoms with E-state index in [9.17, 15) is 0 Å². The fourth-order valence-electron chi connectivity index (χ4n) is 5.46. The summed E-state index contributed by atoms with van der Waals surface area (Å²) in [7, 11) is 0. The molecule has 0 radical (unpaired) electrons. The molecule has 1 nitrogen and oxygen atoms in total. The predicted octanol–water partition coefficient (Wildman–Crippen LogP) is 9.09. The molecule has 0 amide bonds. The van der Waals surface area contributed by atoms with Crippen LogP contribution >= 0.6 is 11.8 Å². The van der Waals surface area contributed by atoms with E-state index in [1.165, 1.54) is 58.9 Å². The average molecular weight is 425 g/mol. The molecule has 0 atom stereocenters. The lowest BCUT2D eigenvalue weighted by Crippen LogP contribution is -1.91. The number of fused-ring (bicyclic) bond motifs is 3. The van der Waals surface area contributed by atoms with Crippen LogP contribution in [0.2, 0.25) is 0 Å². The smallest absolute Gasteiger partial charge is 0.142 e. The van der Waals surface area contributed by atoms with E-state index in [4.69, 9.17) is 4.42 Å². The summed E-state index contributed by atoms with van der Waals surface area (Å²) in [6.45, 7) is 0. The maximum atomic E-state index is 6.56. The SMILES string of the molecule is C1=C(c2cc3ccc4c5ccccc5c5ccc(o2)c3c45)Sc2cccc3cccc1c23. The second kappa shape index (κ2) is 5.93. The highest BCUT2D eigenvalue weighted by atomic mass is 32.2. The molecule has 6 aromatic carbocycles. The van der Waals surface area contributed by atoms with E-state index in [0.29, 0.717) is 0 Å². The van der Waals surface area contributed by atoms with Crippen molar-refractivity contribution in [2.75, 3.05) is 0 Å². The Kier molecular flexibility index (Phi) is 3.13. The molecule has 0 aliphatic carbocycles. The first kappa shape index (κ1) is 16.9. The lowest BCUT2D eigenvalue weighted by Gasteiger charge is -2.18. The molecule has 0 bridgehead atoms. The summed E-state index contributed by atoms with van der Waals surface area (Å²) >= 11 is 1.80. The van der Waals surface area contributed by atoms with Crippen molar-refractivity contribution < 1.29 is 4.42 Å². The van der Waals surface area contributed by atoms with E-state index in [-0.39, 0.29) is 0 Å². The van der Waals surface area contributed by atoms with Gasteiger partial charge in [-0.25, -0.2) is 0 Å². The first-order valence-corrected chi connectivity index (χ1v) is 11.7. The van der Waals surface area contributed by atoms with E-state index in [0.717, 1.165) is 16.2 Å². The largest absolute Gasteiger partial charge is 0.455 e. The van der Waals surface area contributed by atoms with E-state index < -0.39 is 0 Å².